The van der Waals surface area contributed by atoms with E-state index in [-0.39, 0.29) is 24.8 Å². The zero-order valence-corrected chi connectivity index (χ0v) is 14.6. The van der Waals surface area contributed by atoms with Crippen LogP contribution in [-0.4, -0.2) is 58.5 Å². The first-order valence-corrected chi connectivity index (χ1v) is 8.73. The van der Waals surface area contributed by atoms with Crippen LogP contribution in [0.1, 0.15) is 18.7 Å². The molecule has 0 bridgehead atoms. The number of ether oxygens (including phenoxy) is 3. The Bertz CT molecular complexity index is 827. The molecule has 0 N–H and O–H groups in total. The molecule has 26 heavy (non-hydrogen) atoms. The predicted octanol–water partition coefficient (Wildman–Crippen LogP) is 0.980. The Kier molecular flexibility index (Phi) is 4.60. The van der Waals surface area contributed by atoms with Gasteiger partial charge in [-0.1, -0.05) is 12.1 Å². The van der Waals surface area contributed by atoms with Crippen LogP contribution in [0.25, 0.3) is 11.0 Å². The summed E-state index contributed by atoms with van der Waals surface area (Å²) in [6.07, 6.45) is -0.528. The van der Waals surface area contributed by atoms with Gasteiger partial charge in [-0.3, -0.25) is 9.59 Å². The normalized spacial score (nSPS) is 20.7. The summed E-state index contributed by atoms with van der Waals surface area (Å²) in [5, 5.41) is 0. The van der Waals surface area contributed by atoms with Gasteiger partial charge in [-0.15, -0.1) is 0 Å². The van der Waals surface area contributed by atoms with E-state index in [1.807, 2.05) is 35.9 Å². The Morgan fingerprint density at radius 1 is 1.31 bits per heavy atom. The van der Waals surface area contributed by atoms with E-state index in [1.54, 1.807) is 4.90 Å². The third-order valence-corrected chi connectivity index (χ3v) is 4.74. The SMILES string of the molecule is Cn1c(CN(CC2OCCO2)C(=O)[C@H]2CCC(=O)O2)nc2ccccc21. The van der Waals surface area contributed by atoms with Crippen molar-refractivity contribution in [3.63, 3.8) is 0 Å². The second kappa shape index (κ2) is 7.05. The van der Waals surface area contributed by atoms with E-state index >= 15 is 0 Å². The van der Waals surface area contributed by atoms with Gasteiger partial charge >= 0.3 is 5.97 Å². The number of amides is 1. The lowest BCUT2D eigenvalue weighted by Gasteiger charge is -2.26. The van der Waals surface area contributed by atoms with Crippen molar-refractivity contribution in [1.29, 1.82) is 0 Å². The third kappa shape index (κ3) is 3.30. The molecular formula is C18H21N3O5. The zero-order valence-electron chi connectivity index (χ0n) is 14.6. The smallest absolute Gasteiger partial charge is 0.306 e. The topological polar surface area (TPSA) is 82.9 Å². The number of aromatic nitrogens is 2. The number of benzene rings is 1. The fourth-order valence-corrected chi connectivity index (χ4v) is 3.34. The van der Waals surface area contributed by atoms with E-state index in [0.29, 0.717) is 26.2 Å². The van der Waals surface area contributed by atoms with Crippen molar-refractivity contribution in [2.24, 2.45) is 7.05 Å². The number of fused-ring (bicyclic) bond motifs is 1. The number of imidazole rings is 1. The summed E-state index contributed by atoms with van der Waals surface area (Å²) < 4.78 is 18.1. The van der Waals surface area contributed by atoms with Crippen molar-refractivity contribution in [2.75, 3.05) is 19.8 Å². The van der Waals surface area contributed by atoms with Crippen molar-refractivity contribution in [3.8, 4) is 0 Å². The molecule has 4 rings (SSSR count). The third-order valence-electron chi connectivity index (χ3n) is 4.74. The fraction of sp³-hybridized carbons (Fsp3) is 0.500. The van der Waals surface area contributed by atoms with Crippen LogP contribution in [0.4, 0.5) is 0 Å². The minimum absolute atomic E-state index is 0.234. The molecule has 1 atom stereocenters. The van der Waals surface area contributed by atoms with Gasteiger partial charge in [-0.05, 0) is 12.1 Å². The highest BCUT2D eigenvalue weighted by molar-refractivity contribution is 5.86. The van der Waals surface area contributed by atoms with Gasteiger partial charge in [0.05, 0.1) is 37.3 Å². The molecule has 0 spiro atoms. The van der Waals surface area contributed by atoms with Crippen LogP contribution in [0.3, 0.4) is 0 Å². The average molecular weight is 359 g/mol. The van der Waals surface area contributed by atoms with Gasteiger partial charge in [-0.2, -0.15) is 0 Å². The van der Waals surface area contributed by atoms with Gasteiger partial charge in [0.2, 0.25) is 0 Å². The Labute approximate surface area is 150 Å². The van der Waals surface area contributed by atoms with Crippen LogP contribution >= 0.6 is 0 Å². The number of esters is 1. The van der Waals surface area contributed by atoms with Crippen molar-refractivity contribution >= 4 is 22.9 Å². The number of carbonyl (C=O) groups excluding carboxylic acids is 2. The molecule has 2 saturated heterocycles. The number of hydrogen-bond acceptors (Lipinski definition) is 6. The quantitative estimate of drug-likeness (QED) is 0.740. The van der Waals surface area contributed by atoms with Crippen LogP contribution in [0.2, 0.25) is 0 Å². The summed E-state index contributed by atoms with van der Waals surface area (Å²) in [6.45, 7) is 1.59. The standard InChI is InChI=1S/C18H21N3O5/c1-20-13-5-3-2-4-12(13)19-15(20)10-21(11-17-24-8-9-25-17)18(23)14-6-7-16(22)26-14/h2-5,14,17H,6-11H2,1H3/t14-/m1/s1. The van der Waals surface area contributed by atoms with Gasteiger partial charge in [0.25, 0.3) is 5.91 Å². The number of para-hydroxylation sites is 2. The lowest BCUT2D eigenvalue weighted by atomic mass is 10.2. The zero-order chi connectivity index (χ0) is 18.1. The molecule has 2 aromatic rings. The summed E-state index contributed by atoms with van der Waals surface area (Å²) in [6, 6.07) is 7.81. The van der Waals surface area contributed by atoms with Gasteiger partial charge < -0.3 is 23.7 Å². The van der Waals surface area contributed by atoms with Crippen LogP contribution < -0.4 is 0 Å². The molecule has 2 aliphatic rings. The fourth-order valence-electron chi connectivity index (χ4n) is 3.34. The second-order valence-electron chi connectivity index (χ2n) is 6.48. The molecule has 0 radical (unpaired) electrons. The molecule has 8 heteroatoms. The molecule has 0 unspecified atom stereocenters. The first kappa shape index (κ1) is 17.0. The number of hydrogen-bond donors (Lipinski definition) is 0. The Balaban J connectivity index is 1.57. The van der Waals surface area contributed by atoms with Crippen molar-refractivity contribution < 1.29 is 23.8 Å². The number of aryl methyl sites for hydroxylation is 1. The number of cyclic esters (lactones) is 1. The largest absolute Gasteiger partial charge is 0.452 e. The molecule has 8 nitrogen and oxygen atoms in total. The van der Waals surface area contributed by atoms with E-state index in [4.69, 9.17) is 14.2 Å². The van der Waals surface area contributed by atoms with E-state index in [2.05, 4.69) is 4.98 Å². The highest BCUT2D eigenvalue weighted by Crippen LogP contribution is 2.21. The lowest BCUT2D eigenvalue weighted by Crippen LogP contribution is -2.43. The minimum Gasteiger partial charge on any atom is -0.452 e. The molecule has 0 aliphatic carbocycles. The van der Waals surface area contributed by atoms with Crippen molar-refractivity contribution in [2.45, 2.75) is 31.8 Å². The second-order valence-corrected chi connectivity index (χ2v) is 6.48. The van der Waals surface area contributed by atoms with Gasteiger partial charge in [-0.25, -0.2) is 4.98 Å². The molecule has 2 aliphatic heterocycles. The van der Waals surface area contributed by atoms with Crippen LogP contribution in [-0.2, 0) is 37.4 Å². The maximum absolute atomic E-state index is 12.9. The Hall–Kier alpha value is -2.45. The molecule has 2 fully saturated rings. The van der Waals surface area contributed by atoms with Gasteiger partial charge in [0.15, 0.2) is 12.4 Å². The summed E-state index contributed by atoms with van der Waals surface area (Å²) in [7, 11) is 1.92. The van der Waals surface area contributed by atoms with Gasteiger partial charge in [0, 0.05) is 19.9 Å². The van der Waals surface area contributed by atoms with Crippen LogP contribution in [0.5, 0.6) is 0 Å². The minimum atomic E-state index is -0.737. The Morgan fingerprint density at radius 3 is 2.77 bits per heavy atom. The Morgan fingerprint density at radius 2 is 2.08 bits per heavy atom. The van der Waals surface area contributed by atoms with E-state index in [9.17, 15) is 9.59 Å². The average Bonchev–Trinajstić information content (AvgIpc) is 3.36. The molecule has 1 aromatic carbocycles. The van der Waals surface area contributed by atoms with Crippen molar-refractivity contribution in [1.82, 2.24) is 14.5 Å². The molecule has 1 aromatic heterocycles. The first-order valence-electron chi connectivity index (χ1n) is 8.73. The molecule has 138 valence electrons. The summed E-state index contributed by atoms with van der Waals surface area (Å²) in [4.78, 5) is 30.5. The maximum atomic E-state index is 12.9. The maximum Gasteiger partial charge on any atom is 0.306 e. The highest BCUT2D eigenvalue weighted by atomic mass is 16.7. The lowest BCUT2D eigenvalue weighted by molar-refractivity contribution is -0.156. The first-order chi connectivity index (χ1) is 12.6. The highest BCUT2D eigenvalue weighted by Gasteiger charge is 2.35. The van der Waals surface area contributed by atoms with E-state index in [1.165, 1.54) is 0 Å². The van der Waals surface area contributed by atoms with Crippen LogP contribution in [0.15, 0.2) is 24.3 Å². The summed E-state index contributed by atoms with van der Waals surface area (Å²) in [5.41, 5.74) is 1.87. The van der Waals surface area contributed by atoms with Crippen molar-refractivity contribution in [3.05, 3.63) is 30.1 Å². The number of rotatable bonds is 5. The summed E-state index contributed by atoms with van der Waals surface area (Å²) >= 11 is 0. The van der Waals surface area contributed by atoms with Crippen LogP contribution in [0, 0.1) is 0 Å². The van der Waals surface area contributed by atoms with Gasteiger partial charge in [0.1, 0.15) is 5.82 Å². The molecule has 3 heterocycles. The number of carbonyl (C=O) groups is 2. The number of nitrogens with zero attached hydrogens (tertiary/aromatic N) is 3. The molecule has 0 saturated carbocycles. The monoisotopic (exact) mass is 359 g/mol. The molecular weight excluding hydrogens is 338 g/mol. The predicted molar refractivity (Wildman–Crippen MR) is 90.9 cm³/mol. The van der Waals surface area contributed by atoms with E-state index < -0.39 is 12.4 Å². The molecule has 1 amide bonds. The summed E-state index contributed by atoms with van der Waals surface area (Å²) in [5.74, 6) is 0.184. The van der Waals surface area contributed by atoms with E-state index in [0.717, 1.165) is 16.9 Å².